The summed E-state index contributed by atoms with van der Waals surface area (Å²) in [5, 5.41) is 0.338. The van der Waals surface area contributed by atoms with Crippen molar-refractivity contribution in [1.29, 1.82) is 0 Å². The molecule has 0 saturated carbocycles. The fourth-order valence-electron chi connectivity index (χ4n) is 2.27. The minimum absolute atomic E-state index is 0.313. The molecular formula is C15H14N2O5. The molecule has 0 aliphatic rings. The van der Waals surface area contributed by atoms with Crippen molar-refractivity contribution in [3.05, 3.63) is 34.8 Å². The molecule has 0 aliphatic carbocycles. The van der Waals surface area contributed by atoms with Crippen LogP contribution in [0.2, 0.25) is 0 Å². The van der Waals surface area contributed by atoms with Crippen LogP contribution in [0, 0.1) is 0 Å². The third-order valence-corrected chi connectivity index (χ3v) is 3.26. The molecule has 7 heteroatoms. The van der Waals surface area contributed by atoms with E-state index in [1.807, 2.05) is 0 Å². The van der Waals surface area contributed by atoms with Crippen LogP contribution in [0.25, 0.3) is 22.5 Å². The van der Waals surface area contributed by atoms with Crippen LogP contribution < -0.4 is 19.8 Å². The minimum atomic E-state index is -0.323. The van der Waals surface area contributed by atoms with Crippen LogP contribution in [-0.4, -0.2) is 31.3 Å². The number of nitrogens with zero attached hydrogens (tertiary/aromatic N) is 1. The van der Waals surface area contributed by atoms with Gasteiger partial charge in [0.2, 0.25) is 5.75 Å². The van der Waals surface area contributed by atoms with E-state index in [2.05, 4.69) is 9.97 Å². The van der Waals surface area contributed by atoms with Gasteiger partial charge in [-0.3, -0.25) is 4.79 Å². The van der Waals surface area contributed by atoms with Crippen LogP contribution in [0.5, 0.6) is 17.2 Å². The van der Waals surface area contributed by atoms with Crippen LogP contribution in [-0.2, 0) is 0 Å². The zero-order valence-electron chi connectivity index (χ0n) is 12.3. The summed E-state index contributed by atoms with van der Waals surface area (Å²) in [5.74, 6) is 1.87. The van der Waals surface area contributed by atoms with Crippen molar-refractivity contribution >= 4 is 10.9 Å². The van der Waals surface area contributed by atoms with Gasteiger partial charge in [0.25, 0.3) is 5.56 Å². The number of furan rings is 1. The van der Waals surface area contributed by atoms with Gasteiger partial charge in [0, 0.05) is 0 Å². The number of ether oxygens (including phenoxy) is 3. The quantitative estimate of drug-likeness (QED) is 0.795. The number of nitrogens with one attached hydrogen (secondary N) is 1. The lowest BCUT2D eigenvalue weighted by molar-refractivity contribution is 0.327. The van der Waals surface area contributed by atoms with E-state index in [1.165, 1.54) is 27.6 Å². The summed E-state index contributed by atoms with van der Waals surface area (Å²) in [5.41, 5.74) is 0.0472. The maximum Gasteiger partial charge on any atom is 0.259 e. The zero-order chi connectivity index (χ0) is 15.7. The molecule has 1 N–H and O–H groups in total. The summed E-state index contributed by atoms with van der Waals surface area (Å²) in [7, 11) is 4.46. The first-order valence-electron chi connectivity index (χ1n) is 6.46. The molecule has 0 spiro atoms. The van der Waals surface area contributed by atoms with E-state index < -0.39 is 0 Å². The van der Waals surface area contributed by atoms with Gasteiger partial charge in [-0.25, -0.2) is 4.98 Å². The molecule has 0 unspecified atom stereocenters. The van der Waals surface area contributed by atoms with E-state index in [0.29, 0.717) is 39.7 Å². The summed E-state index contributed by atoms with van der Waals surface area (Å²) in [6.07, 6.45) is 1.51. The third kappa shape index (κ3) is 2.07. The second-order valence-electron chi connectivity index (χ2n) is 4.43. The Bertz CT molecular complexity index is 868. The topological polar surface area (TPSA) is 86.6 Å². The van der Waals surface area contributed by atoms with Gasteiger partial charge in [0.05, 0.1) is 33.0 Å². The monoisotopic (exact) mass is 302 g/mol. The lowest BCUT2D eigenvalue weighted by Gasteiger charge is -2.14. The van der Waals surface area contributed by atoms with Crippen molar-refractivity contribution in [3.8, 4) is 28.8 Å². The number of hydrogen-bond acceptors (Lipinski definition) is 6. The molecule has 0 bridgehead atoms. The molecule has 0 aliphatic heterocycles. The van der Waals surface area contributed by atoms with Crippen molar-refractivity contribution in [2.45, 2.75) is 0 Å². The third-order valence-electron chi connectivity index (χ3n) is 3.26. The molecule has 7 nitrogen and oxygen atoms in total. The highest BCUT2D eigenvalue weighted by Gasteiger charge is 2.20. The number of aromatic amines is 1. The molecule has 114 valence electrons. The predicted octanol–water partition coefficient (Wildman–Crippen LogP) is 2.21. The van der Waals surface area contributed by atoms with Crippen LogP contribution in [0.4, 0.5) is 0 Å². The lowest BCUT2D eigenvalue weighted by Crippen LogP contribution is -2.11. The van der Waals surface area contributed by atoms with Gasteiger partial charge in [-0.2, -0.15) is 0 Å². The molecule has 22 heavy (non-hydrogen) atoms. The molecule has 1 aromatic carbocycles. The Kier molecular flexibility index (Phi) is 3.46. The fraction of sp³-hybridized carbons (Fsp3) is 0.200. The van der Waals surface area contributed by atoms with Gasteiger partial charge in [0.1, 0.15) is 5.52 Å². The Morgan fingerprint density at radius 1 is 1.14 bits per heavy atom. The normalized spacial score (nSPS) is 10.7. The second-order valence-corrected chi connectivity index (χ2v) is 4.43. The smallest absolute Gasteiger partial charge is 0.259 e. The van der Waals surface area contributed by atoms with Gasteiger partial charge in [0.15, 0.2) is 23.1 Å². The van der Waals surface area contributed by atoms with Gasteiger partial charge >= 0.3 is 0 Å². The minimum Gasteiger partial charge on any atom is -0.493 e. The fourth-order valence-corrected chi connectivity index (χ4v) is 2.27. The Labute approximate surface area is 125 Å². The molecule has 0 amide bonds. The van der Waals surface area contributed by atoms with Gasteiger partial charge in [-0.05, 0) is 18.2 Å². The van der Waals surface area contributed by atoms with Crippen LogP contribution in [0.15, 0.2) is 33.7 Å². The van der Waals surface area contributed by atoms with Crippen molar-refractivity contribution < 1.29 is 18.6 Å². The van der Waals surface area contributed by atoms with Crippen LogP contribution in [0.3, 0.4) is 0 Å². The highest BCUT2D eigenvalue weighted by molar-refractivity contribution is 5.90. The molecule has 3 rings (SSSR count). The van der Waals surface area contributed by atoms with Crippen LogP contribution in [0.1, 0.15) is 0 Å². The van der Waals surface area contributed by atoms with Crippen molar-refractivity contribution in [2.75, 3.05) is 21.3 Å². The largest absolute Gasteiger partial charge is 0.493 e. The average Bonchev–Trinajstić information content (AvgIpc) is 3.07. The van der Waals surface area contributed by atoms with Gasteiger partial charge in [-0.1, -0.05) is 0 Å². The maximum atomic E-state index is 12.3. The van der Waals surface area contributed by atoms with Crippen molar-refractivity contribution in [2.24, 2.45) is 0 Å². The van der Waals surface area contributed by atoms with E-state index in [4.69, 9.17) is 18.6 Å². The number of aromatic nitrogens is 2. The molecular weight excluding hydrogens is 288 g/mol. The highest BCUT2D eigenvalue weighted by atomic mass is 16.5. The number of rotatable bonds is 4. The molecule has 0 fully saturated rings. The molecule has 0 saturated heterocycles. The molecule has 0 radical (unpaired) electrons. The Hall–Kier alpha value is -2.96. The number of methoxy groups -OCH3 is 3. The molecule has 3 aromatic rings. The summed E-state index contributed by atoms with van der Waals surface area (Å²) in [4.78, 5) is 19.4. The average molecular weight is 302 g/mol. The SMILES string of the molecule is COc1cc2c(=O)[nH]c(-c3ccco3)nc2c(OC)c1OC. The molecule has 2 heterocycles. The maximum absolute atomic E-state index is 12.3. The standard InChI is InChI=1S/C15H14N2O5/c1-19-10-7-8-11(13(21-3)12(10)20-2)16-14(17-15(8)18)9-5-4-6-22-9/h4-7H,1-3H3,(H,16,17,18). The summed E-state index contributed by atoms with van der Waals surface area (Å²) >= 11 is 0. The van der Waals surface area contributed by atoms with Crippen LogP contribution >= 0.6 is 0 Å². The number of H-pyrrole nitrogens is 1. The number of hydrogen-bond donors (Lipinski definition) is 1. The van der Waals surface area contributed by atoms with E-state index in [-0.39, 0.29) is 5.56 Å². The Morgan fingerprint density at radius 3 is 2.50 bits per heavy atom. The van der Waals surface area contributed by atoms with E-state index in [0.717, 1.165) is 0 Å². The molecule has 0 atom stereocenters. The first-order chi connectivity index (χ1) is 10.7. The second kappa shape index (κ2) is 5.44. The predicted molar refractivity (Wildman–Crippen MR) is 79.7 cm³/mol. The van der Waals surface area contributed by atoms with E-state index in [9.17, 15) is 4.79 Å². The molecule has 2 aromatic heterocycles. The van der Waals surface area contributed by atoms with Gasteiger partial charge < -0.3 is 23.6 Å². The summed E-state index contributed by atoms with van der Waals surface area (Å²) in [6.45, 7) is 0. The Morgan fingerprint density at radius 2 is 1.91 bits per heavy atom. The first-order valence-corrected chi connectivity index (χ1v) is 6.46. The van der Waals surface area contributed by atoms with Crippen molar-refractivity contribution in [3.63, 3.8) is 0 Å². The van der Waals surface area contributed by atoms with Gasteiger partial charge in [-0.15, -0.1) is 0 Å². The number of fused-ring (bicyclic) bond motifs is 1. The number of benzene rings is 1. The first kappa shape index (κ1) is 14.0. The lowest BCUT2D eigenvalue weighted by atomic mass is 10.2. The van der Waals surface area contributed by atoms with E-state index in [1.54, 1.807) is 18.2 Å². The zero-order valence-corrected chi connectivity index (χ0v) is 12.3. The van der Waals surface area contributed by atoms with E-state index >= 15 is 0 Å². The highest BCUT2D eigenvalue weighted by Crippen LogP contribution is 2.41. The summed E-state index contributed by atoms with van der Waals surface area (Å²) < 4.78 is 21.2. The summed E-state index contributed by atoms with van der Waals surface area (Å²) in [6, 6.07) is 4.98. The van der Waals surface area contributed by atoms with Crippen molar-refractivity contribution in [1.82, 2.24) is 9.97 Å². The Balaban J connectivity index is 2.39.